The van der Waals surface area contributed by atoms with Crippen LogP contribution in [0.15, 0.2) is 52.2 Å². The number of primary amides is 1. The normalized spacial score (nSPS) is 11.6. The summed E-state index contributed by atoms with van der Waals surface area (Å²) in [7, 11) is 1.55. The smallest absolute Gasteiger partial charge is 0.449 e. The highest BCUT2D eigenvalue weighted by Gasteiger charge is 2.33. The van der Waals surface area contributed by atoms with Crippen LogP contribution in [-0.2, 0) is 19.8 Å². The molecule has 0 saturated carbocycles. The highest BCUT2D eigenvalue weighted by molar-refractivity contribution is 5.94. The van der Waals surface area contributed by atoms with E-state index in [2.05, 4.69) is 9.72 Å². The van der Waals surface area contributed by atoms with E-state index in [9.17, 15) is 32.3 Å². The molecule has 0 saturated heterocycles. The Morgan fingerprint density at radius 1 is 1.16 bits per heavy atom. The predicted octanol–water partition coefficient (Wildman–Crippen LogP) is 2.42. The van der Waals surface area contributed by atoms with Gasteiger partial charge >= 0.3 is 18.0 Å². The third-order valence-corrected chi connectivity index (χ3v) is 5.78. The third-order valence-electron chi connectivity index (χ3n) is 5.78. The second-order valence-corrected chi connectivity index (χ2v) is 8.02. The van der Waals surface area contributed by atoms with E-state index in [1.54, 1.807) is 7.05 Å². The quantitative estimate of drug-likeness (QED) is 0.386. The fourth-order valence-corrected chi connectivity index (χ4v) is 3.96. The average Bonchev–Trinajstić information content (AvgIpc) is 3.14. The first-order valence-corrected chi connectivity index (χ1v) is 10.5. The van der Waals surface area contributed by atoms with E-state index in [-0.39, 0.29) is 28.2 Å². The molecule has 3 N–H and O–H groups in total. The highest BCUT2D eigenvalue weighted by atomic mass is 19.4. The second-order valence-electron chi connectivity index (χ2n) is 8.02. The van der Waals surface area contributed by atoms with Crippen LogP contribution in [0.5, 0.6) is 5.75 Å². The number of carbonyl (C=O) groups is 2. The summed E-state index contributed by atoms with van der Waals surface area (Å²) in [6.45, 7) is 0.604. The number of imidazole rings is 1. The second kappa shape index (κ2) is 8.96. The first-order chi connectivity index (χ1) is 17.3. The minimum Gasteiger partial charge on any atom is -0.449 e. The molecule has 0 aliphatic heterocycles. The van der Waals surface area contributed by atoms with Crippen molar-refractivity contribution >= 4 is 23.1 Å². The topological polar surface area (TPSA) is 151 Å². The molecule has 2 heterocycles. The Morgan fingerprint density at radius 2 is 1.86 bits per heavy atom. The van der Waals surface area contributed by atoms with Gasteiger partial charge in [-0.25, -0.2) is 14.6 Å². The molecule has 0 aliphatic rings. The Balaban J connectivity index is 1.93. The molecule has 4 rings (SSSR count). The predicted molar refractivity (Wildman–Crippen MR) is 123 cm³/mol. The van der Waals surface area contributed by atoms with Crippen molar-refractivity contribution in [2.24, 2.45) is 12.8 Å². The number of nitrogens with zero attached hydrogens (tertiary/aromatic N) is 4. The van der Waals surface area contributed by atoms with E-state index in [0.717, 1.165) is 22.9 Å². The summed E-state index contributed by atoms with van der Waals surface area (Å²) in [6, 6.07) is 7.66. The zero-order valence-electron chi connectivity index (χ0n) is 19.2. The van der Waals surface area contributed by atoms with Crippen LogP contribution in [0, 0.1) is 6.92 Å². The molecule has 0 unspecified atom stereocenters. The summed E-state index contributed by atoms with van der Waals surface area (Å²) in [5, 5.41) is 9.06. The van der Waals surface area contributed by atoms with E-state index < -0.39 is 47.3 Å². The van der Waals surface area contributed by atoms with Gasteiger partial charge in [0.2, 0.25) is 5.75 Å². The summed E-state index contributed by atoms with van der Waals surface area (Å²) in [5.41, 5.74) is 2.90. The van der Waals surface area contributed by atoms with Crippen molar-refractivity contribution in [3.8, 4) is 11.4 Å². The molecule has 0 spiro atoms. The number of hydrogen-bond donors (Lipinski definition) is 2. The summed E-state index contributed by atoms with van der Waals surface area (Å²) < 4.78 is 47.6. The fourth-order valence-electron chi connectivity index (χ4n) is 3.96. The molecule has 0 bridgehead atoms. The minimum atomic E-state index is -4.67. The number of carboxylic acid groups (broad SMARTS) is 1. The monoisotopic (exact) mass is 517 g/mol. The molecule has 0 atom stereocenters. The molecule has 0 radical (unpaired) electrons. The van der Waals surface area contributed by atoms with Crippen molar-refractivity contribution < 1.29 is 32.6 Å². The Labute approximate surface area is 204 Å². The van der Waals surface area contributed by atoms with Crippen LogP contribution in [0.4, 0.5) is 18.0 Å². The Kier molecular flexibility index (Phi) is 6.11. The van der Waals surface area contributed by atoms with Gasteiger partial charge in [0.1, 0.15) is 0 Å². The molecule has 0 fully saturated rings. The SMILES string of the molecule is Cc1c(Cn2c(=O)c(OC(=O)O)cn(-c3ccc4c(c3)nc(C(N)=O)n4C)c2=O)cccc1C(F)(F)F. The molecule has 1 amide bonds. The largest absolute Gasteiger partial charge is 0.511 e. The lowest BCUT2D eigenvalue weighted by molar-refractivity contribution is -0.138. The van der Waals surface area contributed by atoms with Crippen molar-refractivity contribution in [3.63, 3.8) is 0 Å². The summed E-state index contributed by atoms with van der Waals surface area (Å²) in [5.74, 6) is -1.60. The average molecular weight is 517 g/mol. The zero-order chi connectivity index (χ0) is 27.2. The van der Waals surface area contributed by atoms with Gasteiger partial charge in [0.05, 0.1) is 35.0 Å². The van der Waals surface area contributed by atoms with Crippen LogP contribution < -0.4 is 21.7 Å². The summed E-state index contributed by atoms with van der Waals surface area (Å²) in [6.07, 6.45) is -5.65. The van der Waals surface area contributed by atoms with Gasteiger partial charge in [0, 0.05) is 7.05 Å². The number of benzene rings is 2. The third kappa shape index (κ3) is 4.55. The molecule has 4 aromatic rings. The van der Waals surface area contributed by atoms with Crippen LogP contribution in [0.2, 0.25) is 0 Å². The molecule has 2 aromatic carbocycles. The standard InChI is InChI=1S/C23H18F3N5O6/c1-11-12(4-3-5-14(11)23(24,25)26)9-31-20(33)17(37-22(35)36)10-30(21(31)34)13-6-7-16-15(8-13)28-19(18(27)32)29(16)2/h3-8,10H,9H2,1-2H3,(H2,27,32)(H,35,36). The molecular formula is C23H18F3N5O6. The Morgan fingerprint density at radius 3 is 2.49 bits per heavy atom. The number of halogens is 3. The lowest BCUT2D eigenvalue weighted by Crippen LogP contribution is -2.40. The van der Waals surface area contributed by atoms with E-state index in [1.165, 1.54) is 35.8 Å². The minimum absolute atomic E-state index is 0.0133. The Bertz CT molecular complexity index is 1700. The van der Waals surface area contributed by atoms with Crippen LogP contribution in [0.25, 0.3) is 16.7 Å². The van der Waals surface area contributed by atoms with Gasteiger partial charge in [-0.2, -0.15) is 13.2 Å². The number of carbonyl (C=O) groups excluding carboxylic acids is 1. The number of nitrogens with two attached hydrogens (primary N) is 1. The van der Waals surface area contributed by atoms with E-state index in [4.69, 9.17) is 10.8 Å². The van der Waals surface area contributed by atoms with Crippen LogP contribution in [-0.4, -0.2) is 35.9 Å². The molecule has 2 aromatic heterocycles. The van der Waals surface area contributed by atoms with Gasteiger partial charge in [-0.3, -0.25) is 18.7 Å². The number of hydrogen-bond acceptors (Lipinski definition) is 6. The van der Waals surface area contributed by atoms with Crippen molar-refractivity contribution in [2.75, 3.05) is 0 Å². The first kappa shape index (κ1) is 25.2. The maximum Gasteiger partial charge on any atom is 0.511 e. The molecule has 14 heteroatoms. The van der Waals surface area contributed by atoms with Gasteiger partial charge < -0.3 is 20.1 Å². The summed E-state index contributed by atoms with van der Waals surface area (Å²) >= 11 is 0. The van der Waals surface area contributed by atoms with Crippen molar-refractivity contribution in [3.05, 3.63) is 85.9 Å². The van der Waals surface area contributed by atoms with E-state index in [0.29, 0.717) is 10.1 Å². The molecule has 192 valence electrons. The number of ether oxygens (including phenoxy) is 1. The number of aromatic nitrogens is 4. The first-order valence-electron chi connectivity index (χ1n) is 10.5. The van der Waals surface area contributed by atoms with Crippen molar-refractivity contribution in [1.29, 1.82) is 0 Å². The van der Waals surface area contributed by atoms with Gasteiger partial charge in [-0.05, 0) is 42.3 Å². The Hall–Kier alpha value is -4.88. The number of aryl methyl sites for hydroxylation is 1. The highest BCUT2D eigenvalue weighted by Crippen LogP contribution is 2.33. The van der Waals surface area contributed by atoms with E-state index >= 15 is 0 Å². The van der Waals surface area contributed by atoms with E-state index in [1.807, 2.05) is 0 Å². The summed E-state index contributed by atoms with van der Waals surface area (Å²) in [4.78, 5) is 53.2. The molecule has 0 aliphatic carbocycles. The fraction of sp³-hybridized carbons (Fsp3) is 0.174. The van der Waals surface area contributed by atoms with Gasteiger partial charge in [0.15, 0.2) is 5.82 Å². The number of fused-ring (bicyclic) bond motifs is 1. The number of amides is 1. The van der Waals surface area contributed by atoms with Gasteiger partial charge in [0.25, 0.3) is 11.5 Å². The molecule has 37 heavy (non-hydrogen) atoms. The van der Waals surface area contributed by atoms with Crippen LogP contribution in [0.1, 0.15) is 27.3 Å². The van der Waals surface area contributed by atoms with Crippen LogP contribution in [0.3, 0.4) is 0 Å². The number of alkyl halides is 3. The molecule has 11 nitrogen and oxygen atoms in total. The van der Waals surface area contributed by atoms with Crippen molar-refractivity contribution in [1.82, 2.24) is 18.7 Å². The lowest BCUT2D eigenvalue weighted by atomic mass is 10.0. The maximum absolute atomic E-state index is 13.4. The molecular weight excluding hydrogens is 499 g/mol. The zero-order valence-corrected chi connectivity index (χ0v) is 19.2. The van der Waals surface area contributed by atoms with Crippen molar-refractivity contribution in [2.45, 2.75) is 19.6 Å². The van der Waals surface area contributed by atoms with Gasteiger partial charge in [-0.15, -0.1) is 0 Å². The lowest BCUT2D eigenvalue weighted by Gasteiger charge is -2.16. The maximum atomic E-state index is 13.4. The number of rotatable bonds is 5. The van der Waals surface area contributed by atoms with Gasteiger partial charge in [-0.1, -0.05) is 12.1 Å². The van der Waals surface area contributed by atoms with Crippen LogP contribution >= 0.6 is 0 Å².